The Hall–Kier alpha value is 0.0569. The van der Waals surface area contributed by atoms with Crippen LogP contribution in [0.15, 0.2) is 0 Å². The number of hydrogen-bond donors (Lipinski definition) is 1. The lowest BCUT2D eigenvalue weighted by molar-refractivity contribution is 0.0706. The van der Waals surface area contributed by atoms with Crippen LogP contribution in [0, 0.1) is 0 Å². The van der Waals surface area contributed by atoms with Crippen molar-refractivity contribution in [2.45, 2.75) is 155 Å². The van der Waals surface area contributed by atoms with Crippen molar-refractivity contribution < 1.29 is 18.4 Å². The fourth-order valence-electron chi connectivity index (χ4n) is 4.64. The quantitative estimate of drug-likeness (QED) is 0.0882. The monoisotopic (exact) mass is 488 g/mol. The Labute approximate surface area is 208 Å². The molecule has 0 rings (SSSR count). The molecule has 33 heavy (non-hydrogen) atoms. The fraction of sp³-hybridized carbons (Fsp3) is 1.00. The minimum atomic E-state index is -2.42. The van der Waals surface area contributed by atoms with Crippen LogP contribution in [0.4, 0.5) is 0 Å². The molecule has 0 aromatic carbocycles. The maximum atomic E-state index is 8.77. The van der Waals surface area contributed by atoms with E-state index in [0.717, 1.165) is 18.9 Å². The third kappa shape index (κ3) is 22.3. The van der Waals surface area contributed by atoms with Crippen molar-refractivity contribution in [2.75, 3.05) is 26.4 Å². The van der Waals surface area contributed by atoms with E-state index in [2.05, 4.69) is 0 Å². The predicted molar refractivity (Wildman–Crippen MR) is 145 cm³/mol. The zero-order chi connectivity index (χ0) is 24.3. The molecule has 0 radical (unpaired) electrons. The summed E-state index contributed by atoms with van der Waals surface area (Å²) in [6, 6.07) is 0.966. The Kier molecular flexibility index (Phi) is 26.7. The summed E-state index contributed by atoms with van der Waals surface area (Å²) in [7, 11) is -2.42. The van der Waals surface area contributed by atoms with Crippen molar-refractivity contribution >= 4 is 8.80 Å². The summed E-state index contributed by atoms with van der Waals surface area (Å²) in [4.78, 5) is 0. The highest BCUT2D eigenvalue weighted by atomic mass is 28.4. The first-order valence-corrected chi connectivity index (χ1v) is 16.7. The highest BCUT2D eigenvalue weighted by molar-refractivity contribution is 6.60. The maximum absolute atomic E-state index is 8.77. The second-order valence-corrected chi connectivity index (χ2v) is 12.3. The van der Waals surface area contributed by atoms with Crippen molar-refractivity contribution in [2.24, 2.45) is 0 Å². The van der Waals surface area contributed by atoms with E-state index in [0.29, 0.717) is 26.4 Å². The van der Waals surface area contributed by atoms with E-state index in [1.807, 2.05) is 20.8 Å². The lowest BCUT2D eigenvalue weighted by Crippen LogP contribution is -2.45. The van der Waals surface area contributed by atoms with Gasteiger partial charge in [-0.3, -0.25) is 0 Å². The van der Waals surface area contributed by atoms with Gasteiger partial charge < -0.3 is 18.4 Å². The Bertz CT molecular complexity index is 351. The molecule has 5 heteroatoms. The first-order valence-electron chi connectivity index (χ1n) is 14.8. The molecule has 0 saturated heterocycles. The van der Waals surface area contributed by atoms with Crippen molar-refractivity contribution in [3.05, 3.63) is 0 Å². The van der Waals surface area contributed by atoms with Crippen LogP contribution in [0.3, 0.4) is 0 Å². The van der Waals surface area contributed by atoms with Gasteiger partial charge in [0, 0.05) is 32.5 Å². The van der Waals surface area contributed by atoms with Crippen LogP contribution in [-0.2, 0) is 13.3 Å². The van der Waals surface area contributed by atoms with E-state index >= 15 is 0 Å². The Morgan fingerprint density at radius 3 is 0.879 bits per heavy atom. The molecule has 0 bridgehead atoms. The average molecular weight is 489 g/mol. The van der Waals surface area contributed by atoms with Crippen LogP contribution in [0.5, 0.6) is 0 Å². The molecule has 0 unspecified atom stereocenters. The first-order chi connectivity index (χ1) is 16.2. The van der Waals surface area contributed by atoms with Gasteiger partial charge in [-0.15, -0.1) is 0 Å². The van der Waals surface area contributed by atoms with E-state index in [4.69, 9.17) is 18.4 Å². The molecule has 0 aliphatic rings. The Morgan fingerprint density at radius 2 is 0.636 bits per heavy atom. The topological polar surface area (TPSA) is 47.9 Å². The normalized spacial score (nSPS) is 12.0. The van der Waals surface area contributed by atoms with Crippen molar-refractivity contribution in [1.82, 2.24) is 0 Å². The lowest BCUT2D eigenvalue weighted by atomic mass is 10.0. The molecule has 1 N–H and O–H groups in total. The second-order valence-electron chi connectivity index (χ2n) is 9.53. The van der Waals surface area contributed by atoms with E-state index in [1.165, 1.54) is 116 Å². The van der Waals surface area contributed by atoms with E-state index in [-0.39, 0.29) is 0 Å². The molecule has 0 saturated carbocycles. The van der Waals surface area contributed by atoms with Gasteiger partial charge in [-0.25, -0.2) is 0 Å². The molecular weight excluding hydrogens is 428 g/mol. The number of unbranched alkanes of at least 4 members (excludes halogenated alkanes) is 19. The molecule has 0 heterocycles. The third-order valence-electron chi connectivity index (χ3n) is 6.48. The van der Waals surface area contributed by atoms with E-state index in [1.54, 1.807) is 0 Å². The number of hydrogen-bond acceptors (Lipinski definition) is 4. The molecule has 0 aromatic rings. The third-order valence-corrected chi connectivity index (χ3v) is 9.64. The van der Waals surface area contributed by atoms with Gasteiger partial charge in [-0.05, 0) is 33.6 Å². The molecule has 0 aromatic heterocycles. The summed E-state index contributed by atoms with van der Waals surface area (Å²) in [5.41, 5.74) is 0. The van der Waals surface area contributed by atoms with Crippen LogP contribution in [0.1, 0.15) is 149 Å². The summed E-state index contributed by atoms with van der Waals surface area (Å²) in [5.74, 6) is 0. The van der Waals surface area contributed by atoms with Crippen LogP contribution in [0.2, 0.25) is 6.04 Å². The van der Waals surface area contributed by atoms with E-state index in [9.17, 15) is 0 Å². The van der Waals surface area contributed by atoms with Crippen LogP contribution < -0.4 is 0 Å². The fourth-order valence-corrected chi connectivity index (χ4v) is 7.32. The van der Waals surface area contributed by atoms with Crippen LogP contribution in [0.25, 0.3) is 0 Å². The summed E-state index contributed by atoms with van der Waals surface area (Å²) in [6.07, 6.45) is 27.0. The molecular formula is C28H60O4Si. The molecule has 0 atom stereocenters. The molecule has 0 aliphatic heterocycles. The number of aliphatic hydroxyl groups is 1. The molecule has 0 aliphatic carbocycles. The SMILES string of the molecule is CCO[Si](CCCCCCCCCCCCCCCCCCCCCCO)(OCC)OCC. The zero-order valence-corrected chi connectivity index (χ0v) is 23.8. The molecule has 0 fully saturated rings. The Balaban J connectivity index is 3.35. The average Bonchev–Trinajstić information content (AvgIpc) is 2.80. The highest BCUT2D eigenvalue weighted by Gasteiger charge is 2.39. The molecule has 200 valence electrons. The summed E-state index contributed by atoms with van der Waals surface area (Å²) in [5, 5.41) is 8.77. The van der Waals surface area contributed by atoms with Gasteiger partial charge in [0.15, 0.2) is 0 Å². The molecule has 0 amide bonds. The van der Waals surface area contributed by atoms with Gasteiger partial charge in [0.2, 0.25) is 0 Å². The van der Waals surface area contributed by atoms with Crippen LogP contribution in [-0.4, -0.2) is 40.3 Å². The standard InChI is InChI=1S/C28H60O4Si/c1-4-30-33(31-5-2,32-6-3)28-26-24-22-20-18-16-14-12-10-8-7-9-11-13-15-17-19-21-23-25-27-29/h29H,4-28H2,1-3H3. The van der Waals surface area contributed by atoms with Gasteiger partial charge in [0.1, 0.15) is 0 Å². The van der Waals surface area contributed by atoms with Gasteiger partial charge in [-0.2, -0.15) is 0 Å². The second kappa shape index (κ2) is 26.7. The summed E-state index contributed by atoms with van der Waals surface area (Å²) >= 11 is 0. The minimum absolute atomic E-state index is 0.364. The minimum Gasteiger partial charge on any atom is -0.396 e. The van der Waals surface area contributed by atoms with Crippen molar-refractivity contribution in [3.63, 3.8) is 0 Å². The predicted octanol–water partition coefficient (Wildman–Crippen LogP) is 8.83. The van der Waals surface area contributed by atoms with Gasteiger partial charge in [0.05, 0.1) is 0 Å². The molecule has 4 nitrogen and oxygen atoms in total. The van der Waals surface area contributed by atoms with Crippen LogP contribution >= 0.6 is 0 Å². The smallest absolute Gasteiger partial charge is 0.396 e. The summed E-state index contributed by atoms with van der Waals surface area (Å²) < 4.78 is 17.8. The molecule has 0 spiro atoms. The van der Waals surface area contributed by atoms with Gasteiger partial charge >= 0.3 is 8.80 Å². The van der Waals surface area contributed by atoms with Gasteiger partial charge in [0.25, 0.3) is 0 Å². The summed E-state index contributed by atoms with van der Waals surface area (Å²) in [6.45, 7) is 8.51. The van der Waals surface area contributed by atoms with Crippen molar-refractivity contribution in [3.8, 4) is 0 Å². The first kappa shape index (κ1) is 33.1. The zero-order valence-electron chi connectivity index (χ0n) is 22.8. The van der Waals surface area contributed by atoms with Gasteiger partial charge in [-0.1, -0.05) is 116 Å². The Morgan fingerprint density at radius 1 is 0.394 bits per heavy atom. The van der Waals surface area contributed by atoms with E-state index < -0.39 is 8.80 Å². The number of rotatable bonds is 28. The lowest BCUT2D eigenvalue weighted by Gasteiger charge is -2.28. The largest absolute Gasteiger partial charge is 0.500 e. The number of aliphatic hydroxyl groups excluding tert-OH is 1. The van der Waals surface area contributed by atoms with Crippen molar-refractivity contribution in [1.29, 1.82) is 0 Å². The maximum Gasteiger partial charge on any atom is 0.500 e. The highest BCUT2D eigenvalue weighted by Crippen LogP contribution is 2.21.